The van der Waals surface area contributed by atoms with Gasteiger partial charge in [-0.1, -0.05) is 24.3 Å². The van der Waals surface area contributed by atoms with Crippen molar-refractivity contribution in [1.82, 2.24) is 10.6 Å². The van der Waals surface area contributed by atoms with Crippen LogP contribution in [0.25, 0.3) is 0 Å². The molecule has 104 valence electrons. The highest BCUT2D eigenvalue weighted by molar-refractivity contribution is 5.76. The van der Waals surface area contributed by atoms with Gasteiger partial charge in [-0.2, -0.15) is 0 Å². The maximum Gasteiger partial charge on any atom is 0.220 e. The highest BCUT2D eigenvalue weighted by Gasteiger charge is 2.18. The van der Waals surface area contributed by atoms with Crippen LogP contribution >= 0.6 is 0 Å². The van der Waals surface area contributed by atoms with Crippen molar-refractivity contribution in [3.8, 4) is 0 Å². The van der Waals surface area contributed by atoms with Crippen LogP contribution in [-0.2, 0) is 4.79 Å². The predicted molar refractivity (Wildman–Crippen MR) is 77.9 cm³/mol. The van der Waals surface area contributed by atoms with Gasteiger partial charge in [-0.25, -0.2) is 0 Å². The van der Waals surface area contributed by atoms with Crippen LogP contribution < -0.4 is 10.6 Å². The summed E-state index contributed by atoms with van der Waals surface area (Å²) in [6.07, 6.45) is 2.90. The first-order valence-corrected chi connectivity index (χ1v) is 7.22. The Morgan fingerprint density at radius 2 is 2.05 bits per heavy atom. The Balaban J connectivity index is 1.86. The lowest BCUT2D eigenvalue weighted by atomic mass is 9.94. The minimum Gasteiger partial charge on any atom is -0.350 e. The van der Waals surface area contributed by atoms with Crippen molar-refractivity contribution in [3.63, 3.8) is 0 Å². The van der Waals surface area contributed by atoms with E-state index in [0.29, 0.717) is 12.3 Å². The molecule has 2 N–H and O–H groups in total. The molecule has 0 saturated carbocycles. The summed E-state index contributed by atoms with van der Waals surface area (Å²) in [7, 11) is 0. The minimum absolute atomic E-state index is 0.0930. The van der Waals surface area contributed by atoms with Crippen molar-refractivity contribution >= 4 is 5.91 Å². The number of carbonyl (C=O) groups is 1. The van der Waals surface area contributed by atoms with Crippen LogP contribution in [0.1, 0.15) is 43.4 Å². The number of carbonyl (C=O) groups excluding carboxylic acids is 1. The maximum absolute atomic E-state index is 12.1. The average molecular weight is 260 g/mol. The van der Waals surface area contributed by atoms with Crippen molar-refractivity contribution in [2.24, 2.45) is 5.92 Å². The van der Waals surface area contributed by atoms with Gasteiger partial charge in [0.15, 0.2) is 0 Å². The second-order valence-electron chi connectivity index (χ2n) is 5.54. The number of hydrogen-bond acceptors (Lipinski definition) is 2. The van der Waals surface area contributed by atoms with Gasteiger partial charge in [-0.05, 0) is 56.8 Å². The maximum atomic E-state index is 12.1. The number of piperidine rings is 1. The summed E-state index contributed by atoms with van der Waals surface area (Å²) in [5.41, 5.74) is 2.44. The van der Waals surface area contributed by atoms with Crippen LogP contribution in [0, 0.1) is 12.8 Å². The molecular weight excluding hydrogens is 236 g/mol. The summed E-state index contributed by atoms with van der Waals surface area (Å²) in [6, 6.07) is 8.32. The molecule has 1 aliphatic rings. The van der Waals surface area contributed by atoms with E-state index in [1.54, 1.807) is 0 Å². The van der Waals surface area contributed by atoms with Crippen molar-refractivity contribution in [3.05, 3.63) is 35.4 Å². The third-order valence-electron chi connectivity index (χ3n) is 3.97. The quantitative estimate of drug-likeness (QED) is 0.873. The Hall–Kier alpha value is -1.35. The Labute approximate surface area is 115 Å². The van der Waals surface area contributed by atoms with Gasteiger partial charge in [0.05, 0.1) is 6.04 Å². The highest BCUT2D eigenvalue weighted by Crippen LogP contribution is 2.19. The second-order valence-corrected chi connectivity index (χ2v) is 5.54. The van der Waals surface area contributed by atoms with Crippen molar-refractivity contribution < 1.29 is 4.79 Å². The van der Waals surface area contributed by atoms with E-state index in [9.17, 15) is 4.79 Å². The number of benzene rings is 1. The number of amides is 1. The molecule has 0 aliphatic carbocycles. The molecule has 1 heterocycles. The summed E-state index contributed by atoms with van der Waals surface area (Å²) < 4.78 is 0. The monoisotopic (exact) mass is 260 g/mol. The van der Waals surface area contributed by atoms with E-state index in [0.717, 1.165) is 25.9 Å². The van der Waals surface area contributed by atoms with E-state index in [-0.39, 0.29) is 11.9 Å². The average Bonchev–Trinajstić information content (AvgIpc) is 2.40. The largest absolute Gasteiger partial charge is 0.350 e. The molecule has 1 fully saturated rings. The van der Waals surface area contributed by atoms with Gasteiger partial charge in [0, 0.05) is 6.42 Å². The molecule has 3 heteroatoms. The third-order valence-corrected chi connectivity index (χ3v) is 3.97. The van der Waals surface area contributed by atoms with Gasteiger partial charge < -0.3 is 10.6 Å². The molecular formula is C16H24N2O. The standard InChI is InChI=1S/C16H24N2O/c1-12-5-3-4-6-15(12)13(2)18-16(19)11-14-7-9-17-10-8-14/h3-6,13-14,17H,7-11H2,1-2H3,(H,18,19)/t13-/m1/s1. The molecule has 3 nitrogen and oxygen atoms in total. The fourth-order valence-electron chi connectivity index (χ4n) is 2.80. The van der Waals surface area contributed by atoms with Gasteiger partial charge in [0.25, 0.3) is 0 Å². The van der Waals surface area contributed by atoms with E-state index in [2.05, 4.69) is 36.6 Å². The SMILES string of the molecule is Cc1ccccc1[C@@H](C)NC(=O)CC1CCNCC1. The zero-order valence-electron chi connectivity index (χ0n) is 11.9. The lowest BCUT2D eigenvalue weighted by molar-refractivity contribution is -0.122. The highest BCUT2D eigenvalue weighted by atomic mass is 16.1. The van der Waals surface area contributed by atoms with E-state index in [4.69, 9.17) is 0 Å². The van der Waals surface area contributed by atoms with E-state index >= 15 is 0 Å². The zero-order chi connectivity index (χ0) is 13.7. The number of aryl methyl sites for hydroxylation is 1. The first-order valence-electron chi connectivity index (χ1n) is 7.22. The van der Waals surface area contributed by atoms with Crippen molar-refractivity contribution in [2.45, 2.75) is 39.2 Å². The number of rotatable bonds is 4. The summed E-state index contributed by atoms with van der Waals surface area (Å²) >= 11 is 0. The molecule has 1 amide bonds. The van der Waals surface area contributed by atoms with Crippen LogP contribution in [0.5, 0.6) is 0 Å². The van der Waals surface area contributed by atoms with Crippen LogP contribution in [0.15, 0.2) is 24.3 Å². The normalized spacial score (nSPS) is 18.0. The van der Waals surface area contributed by atoms with Crippen LogP contribution in [0.3, 0.4) is 0 Å². The van der Waals surface area contributed by atoms with Crippen molar-refractivity contribution in [1.29, 1.82) is 0 Å². The summed E-state index contributed by atoms with van der Waals surface area (Å²) in [5, 5.41) is 6.46. The topological polar surface area (TPSA) is 41.1 Å². The molecule has 1 saturated heterocycles. The van der Waals surface area contributed by atoms with Crippen molar-refractivity contribution in [2.75, 3.05) is 13.1 Å². The van der Waals surface area contributed by atoms with E-state index in [1.165, 1.54) is 11.1 Å². The van der Waals surface area contributed by atoms with E-state index in [1.807, 2.05) is 12.1 Å². The Bertz CT molecular complexity index is 425. The Kier molecular flexibility index (Phi) is 4.97. The summed E-state index contributed by atoms with van der Waals surface area (Å²) in [6.45, 7) is 6.24. The molecule has 0 bridgehead atoms. The summed E-state index contributed by atoms with van der Waals surface area (Å²) in [4.78, 5) is 12.1. The molecule has 19 heavy (non-hydrogen) atoms. The molecule has 0 spiro atoms. The smallest absolute Gasteiger partial charge is 0.220 e. The van der Waals surface area contributed by atoms with Gasteiger partial charge in [0.2, 0.25) is 5.91 Å². The van der Waals surface area contributed by atoms with Crippen LogP contribution in [-0.4, -0.2) is 19.0 Å². The van der Waals surface area contributed by atoms with Gasteiger partial charge in [-0.3, -0.25) is 4.79 Å². The minimum atomic E-state index is 0.0930. The fraction of sp³-hybridized carbons (Fsp3) is 0.562. The second kappa shape index (κ2) is 6.71. The fourth-order valence-corrected chi connectivity index (χ4v) is 2.80. The third kappa shape index (κ3) is 4.06. The molecule has 0 radical (unpaired) electrons. The molecule has 2 rings (SSSR count). The van der Waals surface area contributed by atoms with Gasteiger partial charge in [0.1, 0.15) is 0 Å². The van der Waals surface area contributed by atoms with Gasteiger partial charge in [-0.15, -0.1) is 0 Å². The summed E-state index contributed by atoms with van der Waals surface area (Å²) in [5.74, 6) is 0.730. The Morgan fingerprint density at radius 1 is 1.37 bits per heavy atom. The number of nitrogens with one attached hydrogen (secondary N) is 2. The van der Waals surface area contributed by atoms with Gasteiger partial charge >= 0.3 is 0 Å². The lowest BCUT2D eigenvalue weighted by Crippen LogP contribution is -2.33. The van der Waals surface area contributed by atoms with E-state index < -0.39 is 0 Å². The Morgan fingerprint density at radius 3 is 2.74 bits per heavy atom. The zero-order valence-corrected chi connectivity index (χ0v) is 11.9. The van der Waals surface area contributed by atoms with Crippen LogP contribution in [0.2, 0.25) is 0 Å². The predicted octanol–water partition coefficient (Wildman–Crippen LogP) is 2.56. The first-order chi connectivity index (χ1) is 9.16. The number of hydrogen-bond donors (Lipinski definition) is 2. The molecule has 0 unspecified atom stereocenters. The molecule has 1 atom stereocenters. The molecule has 0 aromatic heterocycles. The van der Waals surface area contributed by atoms with Crippen LogP contribution in [0.4, 0.5) is 0 Å². The molecule has 1 aliphatic heterocycles. The molecule has 1 aromatic rings. The first kappa shape index (κ1) is 14.1. The lowest BCUT2D eigenvalue weighted by Gasteiger charge is -2.23. The molecule has 1 aromatic carbocycles.